The average molecular weight is 379 g/mol. The molecule has 4 rings (SSSR count). The Labute approximate surface area is 161 Å². The zero-order chi connectivity index (χ0) is 19.0. The number of carbonyl (C=O) groups excluding carboxylic acids is 1. The number of rotatable bonds is 5. The number of hydrogen-bond acceptors (Lipinski definition) is 4. The minimum atomic E-state index is -0.113. The average Bonchev–Trinajstić information content (AvgIpc) is 3.32. The van der Waals surface area contributed by atoms with Gasteiger partial charge < -0.3 is 4.57 Å². The van der Waals surface area contributed by atoms with Crippen molar-refractivity contribution in [2.45, 2.75) is 33.7 Å². The number of imidazole rings is 1. The molecule has 0 aliphatic rings. The molecule has 4 aromatic rings. The monoisotopic (exact) mass is 379 g/mol. The van der Waals surface area contributed by atoms with E-state index in [0.717, 1.165) is 39.8 Å². The highest BCUT2D eigenvalue weighted by Crippen LogP contribution is 2.22. The summed E-state index contributed by atoms with van der Waals surface area (Å²) < 4.78 is 4.11. The fraction of sp³-hybridized carbons (Fsp3) is 0.250. The van der Waals surface area contributed by atoms with Crippen molar-refractivity contribution >= 4 is 34.2 Å². The summed E-state index contributed by atoms with van der Waals surface area (Å²) in [7, 11) is 0. The first-order valence-electron chi connectivity index (χ1n) is 8.91. The molecule has 0 radical (unpaired) electrons. The lowest BCUT2D eigenvalue weighted by molar-refractivity contribution is -0.115. The summed E-state index contributed by atoms with van der Waals surface area (Å²) in [6, 6.07) is 12.0. The van der Waals surface area contributed by atoms with Crippen LogP contribution in [0.15, 0.2) is 41.8 Å². The number of aromatic nitrogens is 4. The number of para-hydroxylation sites is 2. The molecule has 0 aliphatic carbocycles. The summed E-state index contributed by atoms with van der Waals surface area (Å²) in [6.07, 6.45) is 0.225. The van der Waals surface area contributed by atoms with Gasteiger partial charge in [0.05, 0.1) is 23.1 Å². The summed E-state index contributed by atoms with van der Waals surface area (Å²) in [4.78, 5) is 21.7. The number of nitrogens with one attached hydrogen (secondary N) is 1. The third-order valence-electron chi connectivity index (χ3n) is 4.57. The van der Waals surface area contributed by atoms with Crippen molar-refractivity contribution in [1.29, 1.82) is 0 Å². The number of nitrogens with zero attached hydrogens (tertiary/aromatic N) is 4. The number of aryl methyl sites for hydroxylation is 3. The molecule has 0 fully saturated rings. The maximum absolute atomic E-state index is 12.5. The summed E-state index contributed by atoms with van der Waals surface area (Å²) in [5.41, 5.74) is 4.93. The first-order chi connectivity index (χ1) is 13.1. The number of thiazole rings is 1. The number of anilines is 1. The van der Waals surface area contributed by atoms with E-state index in [4.69, 9.17) is 0 Å². The van der Waals surface area contributed by atoms with Gasteiger partial charge in [0.2, 0.25) is 11.9 Å². The van der Waals surface area contributed by atoms with E-state index >= 15 is 0 Å². The molecule has 0 atom stereocenters. The molecule has 138 valence electrons. The maximum atomic E-state index is 12.5. The van der Waals surface area contributed by atoms with Gasteiger partial charge in [-0.15, -0.1) is 11.3 Å². The van der Waals surface area contributed by atoms with Gasteiger partial charge in [0, 0.05) is 23.3 Å². The van der Waals surface area contributed by atoms with Gasteiger partial charge in [0.1, 0.15) is 0 Å². The molecule has 0 bridgehead atoms. The van der Waals surface area contributed by atoms with E-state index < -0.39 is 0 Å². The summed E-state index contributed by atoms with van der Waals surface area (Å²) in [5, 5.41) is 5.77. The molecule has 0 unspecified atom stereocenters. The van der Waals surface area contributed by atoms with E-state index in [0.29, 0.717) is 5.95 Å². The van der Waals surface area contributed by atoms with Crippen LogP contribution in [0.3, 0.4) is 0 Å². The fourth-order valence-corrected chi connectivity index (χ4v) is 4.22. The first-order valence-corrected chi connectivity index (χ1v) is 9.79. The number of amides is 1. The van der Waals surface area contributed by atoms with Gasteiger partial charge in [-0.05, 0) is 45.0 Å². The van der Waals surface area contributed by atoms with E-state index in [2.05, 4.69) is 45.8 Å². The largest absolute Gasteiger partial charge is 0.310 e. The molecule has 3 heterocycles. The standard InChI is InChI=1S/C20H21N5OS/c1-4-24-17-8-6-5-7-16(17)22-19(24)23-18(26)11-15-12-27-20(21-15)25-13(2)9-10-14(25)3/h5-10,12H,4,11H2,1-3H3,(H,22,23,26). The topological polar surface area (TPSA) is 64.7 Å². The van der Waals surface area contributed by atoms with Crippen LogP contribution in [0, 0.1) is 13.8 Å². The van der Waals surface area contributed by atoms with Crippen LogP contribution in [0.5, 0.6) is 0 Å². The molecular weight excluding hydrogens is 358 g/mol. The second-order valence-corrected chi connectivity index (χ2v) is 7.30. The number of benzene rings is 1. The lowest BCUT2D eigenvalue weighted by Crippen LogP contribution is -2.18. The van der Waals surface area contributed by atoms with Crippen molar-refractivity contribution in [1.82, 2.24) is 19.1 Å². The number of fused-ring (bicyclic) bond motifs is 1. The molecule has 0 saturated carbocycles. The van der Waals surface area contributed by atoms with Crippen molar-refractivity contribution < 1.29 is 4.79 Å². The zero-order valence-corrected chi connectivity index (χ0v) is 16.4. The molecule has 0 saturated heterocycles. The third-order valence-corrected chi connectivity index (χ3v) is 5.44. The van der Waals surface area contributed by atoms with Crippen LogP contribution in [0.25, 0.3) is 16.2 Å². The molecule has 6 nitrogen and oxygen atoms in total. The Bertz CT molecular complexity index is 1100. The van der Waals surface area contributed by atoms with Crippen LogP contribution >= 0.6 is 11.3 Å². The molecule has 0 aliphatic heterocycles. The first kappa shape index (κ1) is 17.5. The van der Waals surface area contributed by atoms with Gasteiger partial charge in [-0.2, -0.15) is 0 Å². The Hall–Kier alpha value is -2.93. The van der Waals surface area contributed by atoms with Gasteiger partial charge in [-0.3, -0.25) is 14.7 Å². The quantitative estimate of drug-likeness (QED) is 0.568. The van der Waals surface area contributed by atoms with E-state index in [1.54, 1.807) is 11.3 Å². The molecular formula is C20H21N5OS. The summed E-state index contributed by atoms with van der Waals surface area (Å²) in [5.74, 6) is 0.467. The van der Waals surface area contributed by atoms with Crippen molar-refractivity contribution in [3.63, 3.8) is 0 Å². The smallest absolute Gasteiger partial charge is 0.232 e. The third kappa shape index (κ3) is 3.26. The molecule has 1 amide bonds. The highest BCUT2D eigenvalue weighted by atomic mass is 32.1. The molecule has 3 aromatic heterocycles. The Kier molecular flexibility index (Phi) is 4.53. The highest BCUT2D eigenvalue weighted by molar-refractivity contribution is 7.12. The van der Waals surface area contributed by atoms with Gasteiger partial charge in [-0.25, -0.2) is 9.97 Å². The second-order valence-electron chi connectivity index (χ2n) is 6.47. The van der Waals surface area contributed by atoms with Crippen LogP contribution in [-0.2, 0) is 17.8 Å². The zero-order valence-electron chi connectivity index (χ0n) is 15.6. The Morgan fingerprint density at radius 3 is 2.59 bits per heavy atom. The molecule has 27 heavy (non-hydrogen) atoms. The Balaban J connectivity index is 1.52. The normalized spacial score (nSPS) is 11.2. The van der Waals surface area contributed by atoms with Crippen LogP contribution in [0.4, 0.5) is 5.95 Å². The van der Waals surface area contributed by atoms with Gasteiger partial charge >= 0.3 is 0 Å². The van der Waals surface area contributed by atoms with Crippen molar-refractivity contribution in [2.75, 3.05) is 5.32 Å². The molecule has 7 heteroatoms. The SMILES string of the molecule is CCn1c(NC(=O)Cc2csc(-n3c(C)ccc3C)n2)nc2ccccc21. The van der Waals surface area contributed by atoms with E-state index in [1.807, 2.05) is 41.1 Å². The lowest BCUT2D eigenvalue weighted by atomic mass is 10.3. The van der Waals surface area contributed by atoms with Crippen molar-refractivity contribution in [2.24, 2.45) is 0 Å². The summed E-state index contributed by atoms with van der Waals surface area (Å²) >= 11 is 1.55. The van der Waals surface area contributed by atoms with Gasteiger partial charge in [-0.1, -0.05) is 12.1 Å². The minimum Gasteiger partial charge on any atom is -0.310 e. The fourth-order valence-electron chi connectivity index (χ4n) is 3.27. The lowest BCUT2D eigenvalue weighted by Gasteiger charge is -2.07. The molecule has 1 aromatic carbocycles. The molecule has 1 N–H and O–H groups in total. The van der Waals surface area contributed by atoms with Crippen molar-refractivity contribution in [3.8, 4) is 5.13 Å². The van der Waals surface area contributed by atoms with Crippen molar-refractivity contribution in [3.05, 3.63) is 58.9 Å². The van der Waals surface area contributed by atoms with Crippen LogP contribution in [-0.4, -0.2) is 25.0 Å². The second kappa shape index (κ2) is 7.00. The van der Waals surface area contributed by atoms with Gasteiger partial charge in [0.15, 0.2) is 5.13 Å². The Morgan fingerprint density at radius 1 is 1.11 bits per heavy atom. The van der Waals surface area contributed by atoms with E-state index in [9.17, 15) is 4.79 Å². The maximum Gasteiger partial charge on any atom is 0.232 e. The minimum absolute atomic E-state index is 0.113. The summed E-state index contributed by atoms with van der Waals surface area (Å²) in [6.45, 7) is 6.88. The van der Waals surface area contributed by atoms with E-state index in [-0.39, 0.29) is 12.3 Å². The Morgan fingerprint density at radius 2 is 1.85 bits per heavy atom. The number of carbonyl (C=O) groups is 1. The number of hydrogen-bond donors (Lipinski definition) is 1. The predicted octanol–water partition coefficient (Wildman–Crippen LogP) is 4.10. The van der Waals surface area contributed by atoms with E-state index in [1.165, 1.54) is 0 Å². The van der Waals surface area contributed by atoms with Crippen LogP contribution < -0.4 is 5.32 Å². The van der Waals surface area contributed by atoms with Gasteiger partial charge in [0.25, 0.3) is 0 Å². The van der Waals surface area contributed by atoms with Crippen LogP contribution in [0.2, 0.25) is 0 Å². The molecule has 0 spiro atoms. The van der Waals surface area contributed by atoms with Crippen LogP contribution in [0.1, 0.15) is 24.0 Å². The highest BCUT2D eigenvalue weighted by Gasteiger charge is 2.15. The predicted molar refractivity (Wildman–Crippen MR) is 109 cm³/mol.